The van der Waals surface area contributed by atoms with Crippen LogP contribution in [0.3, 0.4) is 0 Å². The Bertz CT molecular complexity index is 601. The van der Waals surface area contributed by atoms with Gasteiger partial charge in [-0.25, -0.2) is 0 Å². The van der Waals surface area contributed by atoms with Crippen LogP contribution < -0.4 is 0 Å². The highest BCUT2D eigenvalue weighted by molar-refractivity contribution is 8.00. The normalized spacial score (nSPS) is 10.3. The van der Waals surface area contributed by atoms with Gasteiger partial charge in [-0.1, -0.05) is 42.5 Å². The lowest BCUT2D eigenvalue weighted by atomic mass is 10.2. The minimum absolute atomic E-state index is 0.164. The summed E-state index contributed by atoms with van der Waals surface area (Å²) >= 11 is 1.60. The molecule has 0 unspecified atom stereocenters. The fourth-order valence-electron chi connectivity index (χ4n) is 2.21. The number of amides is 1. The van der Waals surface area contributed by atoms with Crippen molar-refractivity contribution in [2.24, 2.45) is 0 Å². The zero-order valence-corrected chi connectivity index (χ0v) is 14.0. The number of hydrogen-bond donors (Lipinski definition) is 0. The number of benzene rings is 1. The first-order chi connectivity index (χ1) is 11.3. The highest BCUT2D eigenvalue weighted by atomic mass is 32.2. The van der Waals surface area contributed by atoms with Crippen molar-refractivity contribution in [3.05, 3.63) is 78.6 Å². The van der Waals surface area contributed by atoms with Gasteiger partial charge < -0.3 is 4.90 Å². The van der Waals surface area contributed by atoms with E-state index in [0.717, 1.165) is 23.4 Å². The first-order valence-electron chi connectivity index (χ1n) is 7.70. The molecule has 1 aromatic heterocycles. The fourth-order valence-corrected chi connectivity index (χ4v) is 2.85. The van der Waals surface area contributed by atoms with Gasteiger partial charge in [0, 0.05) is 37.2 Å². The van der Waals surface area contributed by atoms with Gasteiger partial charge in [0.15, 0.2) is 0 Å². The van der Waals surface area contributed by atoms with Crippen molar-refractivity contribution in [3.63, 3.8) is 0 Å². The molecule has 2 aromatic rings. The van der Waals surface area contributed by atoms with Crippen LogP contribution in [-0.4, -0.2) is 33.8 Å². The van der Waals surface area contributed by atoms with Crippen molar-refractivity contribution in [2.75, 3.05) is 18.1 Å². The third-order valence-electron chi connectivity index (χ3n) is 3.39. The molecule has 23 heavy (non-hydrogen) atoms. The molecule has 3 nitrogen and oxygen atoms in total. The minimum atomic E-state index is 0.164. The lowest BCUT2D eigenvalue weighted by Crippen LogP contribution is -2.34. The van der Waals surface area contributed by atoms with Crippen LogP contribution in [-0.2, 0) is 17.8 Å². The second-order valence-corrected chi connectivity index (χ2v) is 6.21. The summed E-state index contributed by atoms with van der Waals surface area (Å²) in [5.74, 6) is 1.45. The number of nitrogens with zero attached hydrogens (tertiary/aromatic N) is 2. The Morgan fingerprint density at radius 1 is 1.17 bits per heavy atom. The van der Waals surface area contributed by atoms with Crippen molar-refractivity contribution in [3.8, 4) is 0 Å². The summed E-state index contributed by atoms with van der Waals surface area (Å²) in [7, 11) is 0. The van der Waals surface area contributed by atoms with Gasteiger partial charge in [-0.3, -0.25) is 9.78 Å². The molecule has 0 aliphatic rings. The molecular weight excluding hydrogens is 304 g/mol. The molecule has 0 spiro atoms. The predicted octanol–water partition coefficient (Wildman–Crippen LogP) is 3.57. The molecule has 1 aromatic carbocycles. The van der Waals surface area contributed by atoms with E-state index in [2.05, 4.69) is 23.7 Å². The highest BCUT2D eigenvalue weighted by Crippen LogP contribution is 2.10. The monoisotopic (exact) mass is 326 g/mol. The third-order valence-corrected chi connectivity index (χ3v) is 4.32. The van der Waals surface area contributed by atoms with Gasteiger partial charge in [-0.15, -0.1) is 18.3 Å². The molecule has 0 N–H and O–H groups in total. The summed E-state index contributed by atoms with van der Waals surface area (Å²) in [6.07, 6.45) is 4.39. The minimum Gasteiger partial charge on any atom is -0.337 e. The molecule has 0 bridgehead atoms. The number of aromatic nitrogens is 1. The topological polar surface area (TPSA) is 33.2 Å². The maximum absolute atomic E-state index is 12.5. The van der Waals surface area contributed by atoms with Gasteiger partial charge in [0.2, 0.25) is 5.91 Å². The Labute approximate surface area is 142 Å². The van der Waals surface area contributed by atoms with Crippen LogP contribution in [0.4, 0.5) is 0 Å². The standard InChI is InChI=1S/C19H22N2OS/c1-2-14-23-16-19(22)21(15-17-8-4-3-5-9-17)13-11-18-10-6-7-12-20-18/h2-10,12H,1,11,13-16H2. The highest BCUT2D eigenvalue weighted by Gasteiger charge is 2.14. The van der Waals surface area contributed by atoms with Gasteiger partial charge >= 0.3 is 0 Å². The maximum Gasteiger partial charge on any atom is 0.232 e. The number of carbonyl (C=O) groups excluding carboxylic acids is 1. The summed E-state index contributed by atoms with van der Waals surface area (Å²) in [4.78, 5) is 18.7. The smallest absolute Gasteiger partial charge is 0.232 e. The van der Waals surface area contributed by atoms with E-state index in [4.69, 9.17) is 0 Å². The van der Waals surface area contributed by atoms with E-state index < -0.39 is 0 Å². The molecule has 0 saturated heterocycles. The van der Waals surface area contributed by atoms with Crippen LogP contribution in [0.2, 0.25) is 0 Å². The molecule has 1 heterocycles. The van der Waals surface area contributed by atoms with Gasteiger partial charge in [0.05, 0.1) is 5.75 Å². The van der Waals surface area contributed by atoms with E-state index in [0.29, 0.717) is 18.8 Å². The van der Waals surface area contributed by atoms with Crippen molar-refractivity contribution >= 4 is 17.7 Å². The molecule has 1 amide bonds. The summed E-state index contributed by atoms with van der Waals surface area (Å²) in [5, 5.41) is 0. The van der Waals surface area contributed by atoms with Crippen LogP contribution in [0.5, 0.6) is 0 Å². The van der Waals surface area contributed by atoms with Gasteiger partial charge in [-0.05, 0) is 17.7 Å². The molecule has 0 fully saturated rings. The van der Waals surface area contributed by atoms with Gasteiger partial charge in [-0.2, -0.15) is 0 Å². The molecular formula is C19H22N2OS. The van der Waals surface area contributed by atoms with Crippen LogP contribution in [0.25, 0.3) is 0 Å². The SMILES string of the molecule is C=CCSCC(=O)N(CCc1ccccn1)Cc1ccccc1. The van der Waals surface area contributed by atoms with Crippen LogP contribution >= 0.6 is 11.8 Å². The zero-order chi connectivity index (χ0) is 16.3. The molecule has 120 valence electrons. The summed E-state index contributed by atoms with van der Waals surface area (Å²) in [6.45, 7) is 5.01. The molecule has 0 aliphatic heterocycles. The summed E-state index contributed by atoms with van der Waals surface area (Å²) < 4.78 is 0. The number of carbonyl (C=O) groups is 1. The van der Waals surface area contributed by atoms with E-state index in [1.165, 1.54) is 0 Å². The summed E-state index contributed by atoms with van der Waals surface area (Å²) in [5.41, 5.74) is 2.16. The largest absolute Gasteiger partial charge is 0.337 e. The van der Waals surface area contributed by atoms with Crippen molar-refractivity contribution in [2.45, 2.75) is 13.0 Å². The van der Waals surface area contributed by atoms with Gasteiger partial charge in [0.25, 0.3) is 0 Å². The van der Waals surface area contributed by atoms with Crippen LogP contribution in [0.1, 0.15) is 11.3 Å². The zero-order valence-electron chi connectivity index (χ0n) is 13.2. The first-order valence-corrected chi connectivity index (χ1v) is 8.85. The quantitative estimate of drug-likeness (QED) is 0.522. The van der Waals surface area contributed by atoms with Crippen molar-refractivity contribution in [1.82, 2.24) is 9.88 Å². The maximum atomic E-state index is 12.5. The number of thioether (sulfide) groups is 1. The average Bonchev–Trinajstić information content (AvgIpc) is 2.60. The van der Waals surface area contributed by atoms with Crippen LogP contribution in [0.15, 0.2) is 67.4 Å². The number of hydrogen-bond acceptors (Lipinski definition) is 3. The molecule has 4 heteroatoms. The number of rotatable bonds is 9. The Morgan fingerprint density at radius 3 is 2.65 bits per heavy atom. The second-order valence-electron chi connectivity index (χ2n) is 5.18. The molecule has 0 saturated carbocycles. The molecule has 0 aliphatic carbocycles. The first kappa shape index (κ1) is 17.3. The Balaban J connectivity index is 1.98. The lowest BCUT2D eigenvalue weighted by molar-refractivity contribution is -0.128. The predicted molar refractivity (Wildman–Crippen MR) is 97.3 cm³/mol. The van der Waals surface area contributed by atoms with E-state index in [-0.39, 0.29) is 5.91 Å². The van der Waals surface area contributed by atoms with Gasteiger partial charge in [0.1, 0.15) is 0 Å². The summed E-state index contributed by atoms with van der Waals surface area (Å²) in [6, 6.07) is 16.0. The third kappa shape index (κ3) is 6.28. The van der Waals surface area contributed by atoms with Crippen molar-refractivity contribution < 1.29 is 4.79 Å². The molecule has 2 rings (SSSR count). The molecule has 0 atom stereocenters. The molecule has 0 radical (unpaired) electrons. The average molecular weight is 326 g/mol. The fraction of sp³-hybridized carbons (Fsp3) is 0.263. The Hall–Kier alpha value is -2.07. The van der Waals surface area contributed by atoms with E-state index in [1.54, 1.807) is 18.0 Å². The van der Waals surface area contributed by atoms with E-state index >= 15 is 0 Å². The van der Waals surface area contributed by atoms with Crippen LogP contribution in [0, 0.1) is 0 Å². The second kappa shape index (κ2) is 9.85. The van der Waals surface area contributed by atoms with E-state index in [1.807, 2.05) is 47.4 Å². The Morgan fingerprint density at radius 2 is 1.96 bits per heavy atom. The van der Waals surface area contributed by atoms with E-state index in [9.17, 15) is 4.79 Å². The Kier molecular flexibility index (Phi) is 7.40. The van der Waals surface area contributed by atoms with Crippen molar-refractivity contribution in [1.29, 1.82) is 0 Å². The lowest BCUT2D eigenvalue weighted by Gasteiger charge is -2.22. The number of pyridine rings is 1.